The van der Waals surface area contributed by atoms with Gasteiger partial charge in [-0.15, -0.1) is 11.3 Å². The quantitative estimate of drug-likeness (QED) is 0.834. The highest BCUT2D eigenvalue weighted by Gasteiger charge is 2.19. The van der Waals surface area contributed by atoms with Gasteiger partial charge in [0.25, 0.3) is 5.91 Å². The van der Waals surface area contributed by atoms with Crippen molar-refractivity contribution >= 4 is 17.2 Å². The molecule has 3 nitrogen and oxygen atoms in total. The number of carbonyl (C=O) groups is 1. The van der Waals surface area contributed by atoms with Crippen LogP contribution in [0.15, 0.2) is 40.3 Å². The first-order valence-electron chi connectivity index (χ1n) is 5.51. The summed E-state index contributed by atoms with van der Waals surface area (Å²) >= 11 is 1.72. The molecule has 2 aromatic rings. The van der Waals surface area contributed by atoms with Gasteiger partial charge >= 0.3 is 0 Å². The molecule has 1 amide bonds. The van der Waals surface area contributed by atoms with Crippen LogP contribution >= 0.6 is 11.3 Å². The minimum atomic E-state index is -0.0703. The van der Waals surface area contributed by atoms with Crippen molar-refractivity contribution < 1.29 is 9.21 Å². The molecule has 0 fully saturated rings. The third-order valence-corrected chi connectivity index (χ3v) is 3.69. The Kier molecular flexibility index (Phi) is 3.64. The third-order valence-electron chi connectivity index (χ3n) is 2.79. The van der Waals surface area contributed by atoms with E-state index in [-0.39, 0.29) is 11.9 Å². The van der Waals surface area contributed by atoms with Crippen LogP contribution in [0.2, 0.25) is 0 Å². The first-order valence-corrected chi connectivity index (χ1v) is 6.39. The number of likely N-dealkylation sites (N-methyl/N-ethyl adjacent to an activating group) is 1. The summed E-state index contributed by atoms with van der Waals surface area (Å²) in [5, 5.41) is 2.05. The van der Waals surface area contributed by atoms with E-state index in [1.165, 1.54) is 11.1 Å². The van der Waals surface area contributed by atoms with E-state index >= 15 is 0 Å². The van der Waals surface area contributed by atoms with Crippen molar-refractivity contribution in [2.24, 2.45) is 0 Å². The number of nitrogens with zero attached hydrogens (tertiary/aromatic N) is 1. The molecule has 4 heteroatoms. The fourth-order valence-corrected chi connectivity index (χ4v) is 2.46. The fourth-order valence-electron chi connectivity index (χ4n) is 1.63. The van der Waals surface area contributed by atoms with Gasteiger partial charge in [0.15, 0.2) is 5.76 Å². The Morgan fingerprint density at radius 2 is 2.29 bits per heavy atom. The first-order chi connectivity index (χ1) is 8.18. The van der Waals surface area contributed by atoms with E-state index < -0.39 is 0 Å². The second kappa shape index (κ2) is 5.19. The monoisotopic (exact) mass is 249 g/mol. The summed E-state index contributed by atoms with van der Waals surface area (Å²) in [6, 6.07) is 7.70. The van der Waals surface area contributed by atoms with Crippen molar-refractivity contribution in [3.05, 3.63) is 46.5 Å². The largest absolute Gasteiger partial charge is 0.459 e. The van der Waals surface area contributed by atoms with Gasteiger partial charge in [-0.05, 0) is 30.5 Å². The summed E-state index contributed by atoms with van der Waals surface area (Å²) < 4.78 is 5.11. The summed E-state index contributed by atoms with van der Waals surface area (Å²) in [7, 11) is 1.81. The van der Waals surface area contributed by atoms with Crippen LogP contribution in [-0.4, -0.2) is 23.9 Å². The molecule has 1 atom stereocenters. The van der Waals surface area contributed by atoms with E-state index in [2.05, 4.69) is 11.4 Å². The second-order valence-corrected chi connectivity index (χ2v) is 5.06. The van der Waals surface area contributed by atoms with Gasteiger partial charge in [0.1, 0.15) is 0 Å². The molecule has 2 rings (SSSR count). The van der Waals surface area contributed by atoms with Gasteiger partial charge in [-0.25, -0.2) is 0 Å². The summed E-state index contributed by atoms with van der Waals surface area (Å²) in [6.07, 6.45) is 2.39. The Balaban J connectivity index is 2.00. The first kappa shape index (κ1) is 11.9. The Hall–Kier alpha value is -1.55. The number of amides is 1. The molecular weight excluding hydrogens is 234 g/mol. The minimum Gasteiger partial charge on any atom is -0.459 e. The van der Waals surface area contributed by atoms with Crippen LogP contribution in [0, 0.1) is 0 Å². The predicted octanol–water partition coefficient (Wildman–Crippen LogP) is 3.04. The van der Waals surface area contributed by atoms with Crippen molar-refractivity contribution in [2.75, 3.05) is 7.05 Å². The number of hydrogen-bond donors (Lipinski definition) is 0. The van der Waals surface area contributed by atoms with Crippen LogP contribution in [0.4, 0.5) is 0 Å². The zero-order chi connectivity index (χ0) is 12.3. The van der Waals surface area contributed by atoms with E-state index in [1.807, 2.05) is 20.0 Å². The molecule has 0 bridgehead atoms. The molecule has 17 heavy (non-hydrogen) atoms. The molecule has 90 valence electrons. The van der Waals surface area contributed by atoms with Crippen LogP contribution < -0.4 is 0 Å². The van der Waals surface area contributed by atoms with Crippen LogP contribution in [0.5, 0.6) is 0 Å². The van der Waals surface area contributed by atoms with E-state index in [9.17, 15) is 4.79 Å². The maximum atomic E-state index is 12.0. The van der Waals surface area contributed by atoms with Crippen LogP contribution in [0.1, 0.15) is 22.4 Å². The molecule has 1 unspecified atom stereocenters. The summed E-state index contributed by atoms with van der Waals surface area (Å²) in [5.41, 5.74) is 0. The zero-order valence-electron chi connectivity index (χ0n) is 9.92. The molecule has 0 aliphatic heterocycles. The lowest BCUT2D eigenvalue weighted by Gasteiger charge is -2.23. The molecule has 2 heterocycles. The molecule has 0 radical (unpaired) electrons. The molecule has 0 N–H and O–H groups in total. The maximum absolute atomic E-state index is 12.0. The number of thiophene rings is 1. The van der Waals surface area contributed by atoms with Crippen LogP contribution in [-0.2, 0) is 6.42 Å². The van der Waals surface area contributed by atoms with Gasteiger partial charge in [-0.2, -0.15) is 0 Å². The standard InChI is InChI=1S/C13H15NO2S/c1-10(9-11-5-4-8-17-11)14(2)13(15)12-6-3-7-16-12/h3-8,10H,9H2,1-2H3. The number of furan rings is 1. The highest BCUT2D eigenvalue weighted by Crippen LogP contribution is 2.15. The Morgan fingerprint density at radius 1 is 1.47 bits per heavy atom. The van der Waals surface area contributed by atoms with Crippen LogP contribution in [0.25, 0.3) is 0 Å². The van der Waals surface area contributed by atoms with Gasteiger partial charge < -0.3 is 9.32 Å². The fraction of sp³-hybridized carbons (Fsp3) is 0.308. The minimum absolute atomic E-state index is 0.0703. The average Bonchev–Trinajstić information content (AvgIpc) is 2.99. The SMILES string of the molecule is CC(Cc1cccs1)N(C)C(=O)c1ccco1. The number of hydrogen-bond acceptors (Lipinski definition) is 3. The summed E-state index contributed by atoms with van der Waals surface area (Å²) in [4.78, 5) is 15.0. The molecular formula is C13H15NO2S. The lowest BCUT2D eigenvalue weighted by atomic mass is 10.2. The molecule has 2 aromatic heterocycles. The van der Waals surface area contributed by atoms with Gasteiger partial charge in [-0.1, -0.05) is 6.07 Å². The molecule has 0 saturated carbocycles. The summed E-state index contributed by atoms with van der Waals surface area (Å²) in [5.74, 6) is 0.324. The van der Waals surface area contributed by atoms with E-state index in [0.29, 0.717) is 5.76 Å². The maximum Gasteiger partial charge on any atom is 0.289 e. The highest BCUT2D eigenvalue weighted by atomic mass is 32.1. The summed E-state index contributed by atoms with van der Waals surface area (Å²) in [6.45, 7) is 2.04. The van der Waals surface area contributed by atoms with Gasteiger partial charge in [-0.3, -0.25) is 4.79 Å². The van der Waals surface area contributed by atoms with Crippen molar-refractivity contribution in [3.8, 4) is 0 Å². The van der Waals surface area contributed by atoms with Crippen molar-refractivity contribution in [1.29, 1.82) is 0 Å². The van der Waals surface area contributed by atoms with Gasteiger partial charge in [0.05, 0.1) is 6.26 Å². The van der Waals surface area contributed by atoms with Crippen molar-refractivity contribution in [2.45, 2.75) is 19.4 Å². The molecule has 0 saturated heterocycles. The lowest BCUT2D eigenvalue weighted by Crippen LogP contribution is -2.36. The predicted molar refractivity (Wildman–Crippen MR) is 68.3 cm³/mol. The molecule has 0 aromatic carbocycles. The topological polar surface area (TPSA) is 33.5 Å². The van der Waals surface area contributed by atoms with Crippen molar-refractivity contribution in [1.82, 2.24) is 4.90 Å². The van der Waals surface area contributed by atoms with Crippen molar-refractivity contribution in [3.63, 3.8) is 0 Å². The smallest absolute Gasteiger partial charge is 0.289 e. The molecule has 0 spiro atoms. The highest BCUT2D eigenvalue weighted by molar-refractivity contribution is 7.09. The Bertz CT molecular complexity index is 462. The lowest BCUT2D eigenvalue weighted by molar-refractivity contribution is 0.0712. The molecule has 0 aliphatic rings. The molecule has 0 aliphatic carbocycles. The average molecular weight is 249 g/mol. The van der Waals surface area contributed by atoms with Crippen LogP contribution in [0.3, 0.4) is 0 Å². The van der Waals surface area contributed by atoms with E-state index in [0.717, 1.165) is 6.42 Å². The van der Waals surface area contributed by atoms with Gasteiger partial charge in [0, 0.05) is 24.4 Å². The number of rotatable bonds is 4. The third kappa shape index (κ3) is 2.77. The van der Waals surface area contributed by atoms with E-state index in [1.54, 1.807) is 28.4 Å². The van der Waals surface area contributed by atoms with E-state index in [4.69, 9.17) is 4.42 Å². The normalized spacial score (nSPS) is 12.4. The Labute approximate surface area is 105 Å². The number of carbonyl (C=O) groups excluding carboxylic acids is 1. The Morgan fingerprint density at radius 3 is 2.88 bits per heavy atom. The zero-order valence-corrected chi connectivity index (χ0v) is 10.7. The second-order valence-electron chi connectivity index (χ2n) is 4.03. The van der Waals surface area contributed by atoms with Gasteiger partial charge in [0.2, 0.25) is 0 Å².